The number of nitrogens with two attached hydrogens (primary N) is 1. The number of hydrogen-bond donors (Lipinski definition) is 2. The van der Waals surface area contributed by atoms with E-state index in [4.69, 9.17) is 5.73 Å². The van der Waals surface area contributed by atoms with Crippen LogP contribution in [0.25, 0.3) is 0 Å². The number of phenols is 1. The Labute approximate surface area is 134 Å². The van der Waals surface area contributed by atoms with Gasteiger partial charge in [-0.05, 0) is 40.5 Å². The van der Waals surface area contributed by atoms with E-state index in [0.29, 0.717) is 17.6 Å². The van der Waals surface area contributed by atoms with Crippen LogP contribution in [-0.4, -0.2) is 5.11 Å². The summed E-state index contributed by atoms with van der Waals surface area (Å²) >= 11 is 0. The van der Waals surface area contributed by atoms with Crippen LogP contribution in [0.2, 0.25) is 0 Å². The van der Waals surface area contributed by atoms with Crippen molar-refractivity contribution in [2.75, 3.05) is 0 Å². The first kappa shape index (κ1) is 16.6. The van der Waals surface area contributed by atoms with Crippen molar-refractivity contribution < 1.29 is 5.11 Å². The Balaban J connectivity index is 2.35. The lowest BCUT2D eigenvalue weighted by Gasteiger charge is -2.19. The Morgan fingerprint density at radius 1 is 0.909 bits per heavy atom. The van der Waals surface area contributed by atoms with Gasteiger partial charge in [0.15, 0.2) is 0 Å². The molecule has 0 aliphatic heterocycles. The molecule has 118 valence electrons. The highest BCUT2D eigenvalue weighted by atomic mass is 16.3. The molecule has 2 aromatic rings. The molecule has 0 aliphatic rings. The van der Waals surface area contributed by atoms with Crippen molar-refractivity contribution in [2.45, 2.75) is 52.0 Å². The van der Waals surface area contributed by atoms with Gasteiger partial charge in [0, 0.05) is 6.04 Å². The van der Waals surface area contributed by atoms with E-state index >= 15 is 0 Å². The smallest absolute Gasteiger partial charge is 0.122 e. The summed E-state index contributed by atoms with van der Waals surface area (Å²) in [6.07, 6.45) is 0.781. The first-order chi connectivity index (χ1) is 10.4. The van der Waals surface area contributed by atoms with Gasteiger partial charge in [-0.2, -0.15) is 0 Å². The van der Waals surface area contributed by atoms with Crippen molar-refractivity contribution in [2.24, 2.45) is 5.73 Å². The summed E-state index contributed by atoms with van der Waals surface area (Å²) in [7, 11) is 0. The van der Waals surface area contributed by atoms with Crippen molar-refractivity contribution >= 4 is 0 Å². The molecule has 2 aromatic carbocycles. The second-order valence-electron chi connectivity index (χ2n) is 6.65. The molecule has 2 rings (SSSR count). The molecule has 0 saturated carbocycles. The van der Waals surface area contributed by atoms with Gasteiger partial charge in [0.1, 0.15) is 5.75 Å². The Bertz CT molecular complexity index is 588. The van der Waals surface area contributed by atoms with Crippen molar-refractivity contribution in [3.8, 4) is 5.75 Å². The zero-order valence-electron chi connectivity index (χ0n) is 14.0. The summed E-state index contributed by atoms with van der Waals surface area (Å²) in [5.41, 5.74) is 10.7. The molecule has 0 radical (unpaired) electrons. The lowest BCUT2D eigenvalue weighted by Crippen LogP contribution is -2.13. The minimum Gasteiger partial charge on any atom is -0.507 e. The molecule has 2 heteroatoms. The highest BCUT2D eigenvalue weighted by Crippen LogP contribution is 2.35. The normalized spacial score (nSPS) is 12.9. The average molecular weight is 297 g/mol. The van der Waals surface area contributed by atoms with Crippen LogP contribution >= 0.6 is 0 Å². The zero-order valence-corrected chi connectivity index (χ0v) is 14.0. The maximum absolute atomic E-state index is 10.5. The standard InChI is InChI=1S/C20H27NO/c1-13(2)17-10-15(11-18(14(3)4)20(17)22)12-19(21)16-8-6-5-7-9-16/h5-11,13-14,19,22H,12,21H2,1-4H3. The minimum absolute atomic E-state index is 0.0224. The summed E-state index contributed by atoms with van der Waals surface area (Å²) in [6.45, 7) is 8.44. The van der Waals surface area contributed by atoms with Gasteiger partial charge in [-0.25, -0.2) is 0 Å². The van der Waals surface area contributed by atoms with Gasteiger partial charge in [-0.3, -0.25) is 0 Å². The Morgan fingerprint density at radius 2 is 1.41 bits per heavy atom. The van der Waals surface area contributed by atoms with Crippen LogP contribution in [0.3, 0.4) is 0 Å². The quantitative estimate of drug-likeness (QED) is 0.826. The predicted octanol–water partition coefficient (Wildman–Crippen LogP) is 4.88. The zero-order chi connectivity index (χ0) is 16.3. The predicted molar refractivity (Wildman–Crippen MR) is 93.4 cm³/mol. The molecule has 0 spiro atoms. The molecule has 3 N–H and O–H groups in total. The fraction of sp³-hybridized carbons (Fsp3) is 0.400. The number of benzene rings is 2. The lowest BCUT2D eigenvalue weighted by atomic mass is 9.89. The first-order valence-corrected chi connectivity index (χ1v) is 8.06. The van der Waals surface area contributed by atoms with E-state index in [0.717, 1.165) is 23.1 Å². The van der Waals surface area contributed by atoms with Crippen LogP contribution in [0.5, 0.6) is 5.75 Å². The molecule has 0 fully saturated rings. The fourth-order valence-corrected chi connectivity index (χ4v) is 2.81. The monoisotopic (exact) mass is 297 g/mol. The van der Waals surface area contributed by atoms with E-state index in [-0.39, 0.29) is 6.04 Å². The van der Waals surface area contributed by atoms with E-state index in [2.05, 4.69) is 52.0 Å². The largest absolute Gasteiger partial charge is 0.507 e. The number of phenolic OH excluding ortho intramolecular Hbond substituents is 1. The molecule has 0 saturated heterocycles. The maximum Gasteiger partial charge on any atom is 0.122 e. The van der Waals surface area contributed by atoms with Gasteiger partial charge in [0.25, 0.3) is 0 Å². The van der Waals surface area contributed by atoms with Gasteiger partial charge < -0.3 is 10.8 Å². The Hall–Kier alpha value is -1.80. The third-order valence-electron chi connectivity index (χ3n) is 4.16. The van der Waals surface area contributed by atoms with E-state index in [1.807, 2.05) is 18.2 Å². The number of hydrogen-bond acceptors (Lipinski definition) is 2. The summed E-state index contributed by atoms with van der Waals surface area (Å²) in [4.78, 5) is 0. The highest BCUT2D eigenvalue weighted by Gasteiger charge is 2.16. The van der Waals surface area contributed by atoms with Gasteiger partial charge in [0.2, 0.25) is 0 Å². The highest BCUT2D eigenvalue weighted by molar-refractivity contribution is 5.47. The van der Waals surface area contributed by atoms with Crippen LogP contribution < -0.4 is 5.73 Å². The van der Waals surface area contributed by atoms with E-state index in [1.54, 1.807) is 0 Å². The molecular formula is C20H27NO. The van der Waals surface area contributed by atoms with Gasteiger partial charge in [-0.1, -0.05) is 70.2 Å². The molecular weight excluding hydrogens is 270 g/mol. The maximum atomic E-state index is 10.5. The van der Waals surface area contributed by atoms with Crippen LogP contribution in [0.1, 0.15) is 67.8 Å². The van der Waals surface area contributed by atoms with Crippen molar-refractivity contribution in [1.82, 2.24) is 0 Å². The van der Waals surface area contributed by atoms with Crippen LogP contribution in [0.15, 0.2) is 42.5 Å². The van der Waals surface area contributed by atoms with E-state index < -0.39 is 0 Å². The first-order valence-electron chi connectivity index (χ1n) is 8.06. The number of aromatic hydroxyl groups is 1. The number of rotatable bonds is 5. The second-order valence-corrected chi connectivity index (χ2v) is 6.65. The lowest BCUT2D eigenvalue weighted by molar-refractivity contribution is 0.454. The topological polar surface area (TPSA) is 46.2 Å². The average Bonchev–Trinajstić information content (AvgIpc) is 2.49. The van der Waals surface area contributed by atoms with Crippen LogP contribution in [0, 0.1) is 0 Å². The molecule has 0 heterocycles. The molecule has 0 amide bonds. The van der Waals surface area contributed by atoms with Gasteiger partial charge in [0.05, 0.1) is 0 Å². The van der Waals surface area contributed by atoms with Gasteiger partial charge in [-0.15, -0.1) is 0 Å². The molecule has 0 aliphatic carbocycles. The summed E-state index contributed by atoms with van der Waals surface area (Å²) in [5.74, 6) is 1.04. The molecule has 0 aromatic heterocycles. The van der Waals surface area contributed by atoms with Crippen molar-refractivity contribution in [1.29, 1.82) is 0 Å². The minimum atomic E-state index is -0.0224. The molecule has 0 bridgehead atoms. The van der Waals surface area contributed by atoms with E-state index in [1.165, 1.54) is 5.56 Å². The molecule has 22 heavy (non-hydrogen) atoms. The van der Waals surface area contributed by atoms with Crippen LogP contribution in [0.4, 0.5) is 0 Å². The second kappa shape index (κ2) is 6.97. The molecule has 1 atom stereocenters. The Kier molecular flexibility index (Phi) is 5.25. The molecule has 2 nitrogen and oxygen atoms in total. The molecule has 1 unspecified atom stereocenters. The van der Waals surface area contributed by atoms with Gasteiger partial charge >= 0.3 is 0 Å². The van der Waals surface area contributed by atoms with Crippen molar-refractivity contribution in [3.05, 3.63) is 64.7 Å². The van der Waals surface area contributed by atoms with Crippen LogP contribution in [-0.2, 0) is 6.42 Å². The third-order valence-corrected chi connectivity index (χ3v) is 4.16. The van der Waals surface area contributed by atoms with E-state index in [9.17, 15) is 5.11 Å². The Morgan fingerprint density at radius 3 is 1.86 bits per heavy atom. The SMILES string of the molecule is CC(C)c1cc(CC(N)c2ccccc2)cc(C(C)C)c1O. The fourth-order valence-electron chi connectivity index (χ4n) is 2.81. The summed E-state index contributed by atoms with van der Waals surface area (Å²) < 4.78 is 0. The summed E-state index contributed by atoms with van der Waals surface area (Å²) in [5, 5.41) is 10.5. The van der Waals surface area contributed by atoms with Crippen molar-refractivity contribution in [3.63, 3.8) is 0 Å². The summed E-state index contributed by atoms with van der Waals surface area (Å²) in [6, 6.07) is 14.4. The third kappa shape index (κ3) is 3.69.